The largest absolute Gasteiger partial charge is 0.378 e. The van der Waals surface area contributed by atoms with Crippen molar-refractivity contribution >= 4 is 44.6 Å². The Kier molecular flexibility index (Phi) is 6.48. The molecule has 1 N–H and O–H groups in total. The lowest BCUT2D eigenvalue weighted by Gasteiger charge is -2.29. The fourth-order valence-corrected chi connectivity index (χ4v) is 3.39. The van der Waals surface area contributed by atoms with Crippen molar-refractivity contribution in [2.24, 2.45) is 0 Å². The van der Waals surface area contributed by atoms with Crippen molar-refractivity contribution in [2.45, 2.75) is 0 Å². The number of anilines is 3. The van der Waals surface area contributed by atoms with Gasteiger partial charge in [-0.05, 0) is 36.4 Å². The van der Waals surface area contributed by atoms with Gasteiger partial charge in [-0.3, -0.25) is 14.9 Å². The average molecular weight is 449 g/mol. The summed E-state index contributed by atoms with van der Waals surface area (Å²) in [5.74, 6) is -0.251. The monoisotopic (exact) mass is 448 g/mol. The van der Waals surface area contributed by atoms with Gasteiger partial charge in [0, 0.05) is 42.1 Å². The Hall–Kier alpha value is -2.65. The van der Waals surface area contributed by atoms with E-state index in [1.165, 1.54) is 6.07 Å². The van der Waals surface area contributed by atoms with Crippen molar-refractivity contribution in [3.63, 3.8) is 0 Å². The van der Waals surface area contributed by atoms with E-state index in [4.69, 9.17) is 4.74 Å². The molecule has 2 aromatic rings. The number of carbonyl (C=O) groups is 1. The van der Waals surface area contributed by atoms with Crippen LogP contribution in [0.4, 0.5) is 22.7 Å². The van der Waals surface area contributed by atoms with Crippen LogP contribution in [0.25, 0.3) is 0 Å². The van der Waals surface area contributed by atoms with Gasteiger partial charge in [0.1, 0.15) is 5.69 Å². The summed E-state index contributed by atoms with van der Waals surface area (Å²) in [5.41, 5.74) is 2.09. The molecule has 2 aromatic carbocycles. The summed E-state index contributed by atoms with van der Waals surface area (Å²) in [5, 5.41) is 14.1. The first kappa shape index (κ1) is 20.1. The molecule has 0 bridgehead atoms. The van der Waals surface area contributed by atoms with Crippen LogP contribution in [0.5, 0.6) is 0 Å². The molecule has 1 amide bonds. The molecule has 0 aliphatic carbocycles. The van der Waals surface area contributed by atoms with Gasteiger partial charge in [0.2, 0.25) is 5.91 Å². The number of benzene rings is 2. The summed E-state index contributed by atoms with van der Waals surface area (Å²) in [7, 11) is 1.65. The summed E-state index contributed by atoms with van der Waals surface area (Å²) in [6, 6.07) is 12.4. The van der Waals surface area contributed by atoms with Crippen LogP contribution in [0.1, 0.15) is 0 Å². The third-order valence-electron chi connectivity index (χ3n) is 4.45. The van der Waals surface area contributed by atoms with E-state index in [-0.39, 0.29) is 18.1 Å². The van der Waals surface area contributed by atoms with Crippen molar-refractivity contribution in [3.05, 3.63) is 57.1 Å². The van der Waals surface area contributed by atoms with Gasteiger partial charge in [-0.15, -0.1) is 0 Å². The van der Waals surface area contributed by atoms with Crippen molar-refractivity contribution < 1.29 is 14.5 Å². The number of rotatable bonds is 6. The predicted molar refractivity (Wildman–Crippen MR) is 112 cm³/mol. The standard InChI is InChI=1S/C19H21BrN4O4/c1-22(17-7-2-14(20)12-18(17)24(26)27)13-19(25)21-15-3-5-16(6-4-15)23-8-10-28-11-9-23/h2-7,12H,8-11,13H2,1H3,(H,21,25). The number of carbonyl (C=O) groups excluding carboxylic acids is 1. The summed E-state index contributed by atoms with van der Waals surface area (Å²) in [6.07, 6.45) is 0. The van der Waals surface area contributed by atoms with Gasteiger partial charge in [0.05, 0.1) is 24.7 Å². The highest BCUT2D eigenvalue weighted by atomic mass is 79.9. The number of halogens is 1. The third-order valence-corrected chi connectivity index (χ3v) is 4.95. The molecule has 0 radical (unpaired) electrons. The molecule has 1 aliphatic rings. The van der Waals surface area contributed by atoms with Crippen LogP contribution in [-0.4, -0.2) is 50.7 Å². The van der Waals surface area contributed by atoms with Crippen LogP contribution in [0, 0.1) is 10.1 Å². The molecular weight excluding hydrogens is 428 g/mol. The fourth-order valence-electron chi connectivity index (χ4n) is 3.04. The number of hydrogen-bond donors (Lipinski definition) is 1. The summed E-state index contributed by atoms with van der Waals surface area (Å²) < 4.78 is 5.96. The van der Waals surface area contributed by atoms with E-state index in [0.717, 1.165) is 18.8 Å². The van der Waals surface area contributed by atoms with Crippen LogP contribution >= 0.6 is 15.9 Å². The van der Waals surface area contributed by atoms with Gasteiger partial charge in [-0.2, -0.15) is 0 Å². The van der Waals surface area contributed by atoms with Gasteiger partial charge in [0.15, 0.2) is 0 Å². The molecule has 1 aliphatic heterocycles. The molecule has 1 fully saturated rings. The Bertz CT molecular complexity index is 854. The highest BCUT2D eigenvalue weighted by Crippen LogP contribution is 2.30. The van der Waals surface area contributed by atoms with Crippen molar-refractivity contribution in [2.75, 3.05) is 55.0 Å². The number of ether oxygens (including phenoxy) is 1. The maximum absolute atomic E-state index is 12.4. The van der Waals surface area contributed by atoms with Gasteiger partial charge in [0.25, 0.3) is 5.69 Å². The Morgan fingerprint density at radius 2 is 1.93 bits per heavy atom. The first-order valence-corrected chi connectivity index (χ1v) is 9.61. The van der Waals surface area contributed by atoms with E-state index in [2.05, 4.69) is 26.1 Å². The topological polar surface area (TPSA) is 88.0 Å². The number of nitro benzene ring substituents is 1. The quantitative estimate of drug-likeness (QED) is 0.538. The van der Waals surface area contributed by atoms with Crippen LogP contribution in [-0.2, 0) is 9.53 Å². The Labute approximate surface area is 171 Å². The highest BCUT2D eigenvalue weighted by molar-refractivity contribution is 9.10. The second-order valence-electron chi connectivity index (χ2n) is 6.44. The summed E-state index contributed by atoms with van der Waals surface area (Å²) in [4.78, 5) is 27.0. The maximum atomic E-state index is 12.4. The third kappa shape index (κ3) is 4.99. The number of nitro groups is 1. The Morgan fingerprint density at radius 1 is 1.25 bits per heavy atom. The van der Waals surface area contributed by atoms with Crippen LogP contribution < -0.4 is 15.1 Å². The minimum atomic E-state index is -0.459. The van der Waals surface area contributed by atoms with E-state index in [1.807, 2.05) is 24.3 Å². The normalized spacial score (nSPS) is 13.9. The number of amides is 1. The lowest BCUT2D eigenvalue weighted by molar-refractivity contribution is -0.384. The molecule has 0 aromatic heterocycles. The van der Waals surface area contributed by atoms with Gasteiger partial charge in [-0.1, -0.05) is 15.9 Å². The predicted octanol–water partition coefficient (Wildman–Crippen LogP) is 3.27. The molecule has 0 saturated carbocycles. The number of nitrogens with one attached hydrogen (secondary N) is 1. The first-order valence-electron chi connectivity index (χ1n) is 8.82. The molecule has 1 saturated heterocycles. The van der Waals surface area contributed by atoms with E-state index >= 15 is 0 Å². The molecule has 1 heterocycles. The summed E-state index contributed by atoms with van der Waals surface area (Å²) >= 11 is 3.23. The second kappa shape index (κ2) is 9.03. The van der Waals surface area contributed by atoms with Crippen molar-refractivity contribution in [1.29, 1.82) is 0 Å². The lowest BCUT2D eigenvalue weighted by Crippen LogP contribution is -2.36. The zero-order valence-corrected chi connectivity index (χ0v) is 17.0. The molecule has 0 unspecified atom stereocenters. The molecule has 0 spiro atoms. The molecular formula is C19H21BrN4O4. The molecule has 28 heavy (non-hydrogen) atoms. The van der Waals surface area contributed by atoms with E-state index < -0.39 is 4.92 Å². The van der Waals surface area contributed by atoms with Crippen LogP contribution in [0.3, 0.4) is 0 Å². The zero-order chi connectivity index (χ0) is 20.1. The number of likely N-dealkylation sites (N-methyl/N-ethyl adjacent to an activating group) is 1. The molecule has 0 atom stereocenters. The lowest BCUT2D eigenvalue weighted by atomic mass is 10.2. The van der Waals surface area contributed by atoms with Gasteiger partial charge in [-0.25, -0.2) is 0 Å². The zero-order valence-electron chi connectivity index (χ0n) is 15.4. The Morgan fingerprint density at radius 3 is 2.57 bits per heavy atom. The summed E-state index contributed by atoms with van der Waals surface area (Å²) in [6.45, 7) is 3.12. The maximum Gasteiger partial charge on any atom is 0.293 e. The van der Waals surface area contributed by atoms with Gasteiger partial charge >= 0.3 is 0 Å². The minimum absolute atomic E-state index is 0.00626. The smallest absolute Gasteiger partial charge is 0.293 e. The highest BCUT2D eigenvalue weighted by Gasteiger charge is 2.19. The number of hydrogen-bond acceptors (Lipinski definition) is 6. The number of morpholine rings is 1. The molecule has 8 nitrogen and oxygen atoms in total. The first-order chi connectivity index (χ1) is 13.4. The van der Waals surface area contributed by atoms with Crippen molar-refractivity contribution in [3.8, 4) is 0 Å². The van der Waals surface area contributed by atoms with Crippen molar-refractivity contribution in [1.82, 2.24) is 0 Å². The van der Waals surface area contributed by atoms with E-state index in [9.17, 15) is 14.9 Å². The van der Waals surface area contributed by atoms with E-state index in [1.54, 1.807) is 24.1 Å². The Balaban J connectivity index is 1.61. The average Bonchev–Trinajstić information content (AvgIpc) is 2.69. The van der Waals surface area contributed by atoms with Crippen LogP contribution in [0.15, 0.2) is 46.9 Å². The SMILES string of the molecule is CN(CC(=O)Nc1ccc(N2CCOCC2)cc1)c1ccc(Br)cc1[N+](=O)[O-]. The van der Waals surface area contributed by atoms with Crippen LogP contribution in [0.2, 0.25) is 0 Å². The molecule has 148 valence electrons. The molecule has 3 rings (SSSR count). The minimum Gasteiger partial charge on any atom is -0.378 e. The number of nitrogens with zero attached hydrogens (tertiary/aromatic N) is 3. The fraction of sp³-hybridized carbons (Fsp3) is 0.316. The second-order valence-corrected chi connectivity index (χ2v) is 7.36. The molecule has 9 heteroatoms. The van der Waals surface area contributed by atoms with Gasteiger partial charge < -0.3 is 19.9 Å². The van der Waals surface area contributed by atoms with E-state index in [0.29, 0.717) is 29.1 Å².